The molecule has 0 aliphatic heterocycles. The first-order valence-electron chi connectivity index (χ1n) is 5.07. The average molecular weight is 274 g/mol. The molecule has 1 aromatic rings. The number of carbonyl (C=O) groups excluding carboxylic acids is 1. The van der Waals surface area contributed by atoms with Crippen LogP contribution in [-0.2, 0) is 0 Å². The summed E-state index contributed by atoms with van der Waals surface area (Å²) in [4.78, 5) is 14.4. The van der Waals surface area contributed by atoms with E-state index in [0.717, 1.165) is 24.0 Å². The predicted molar refractivity (Wildman–Crippen MR) is 64.0 cm³/mol. The fourth-order valence-electron chi connectivity index (χ4n) is 1.16. The third-order valence-electron chi connectivity index (χ3n) is 1.91. The maximum atomic E-state index is 11.5. The fourth-order valence-corrected chi connectivity index (χ4v) is 1.50. The van der Waals surface area contributed by atoms with Crippen molar-refractivity contribution >= 4 is 21.8 Å². The van der Waals surface area contributed by atoms with Gasteiger partial charge in [0.25, 0.3) is 5.91 Å². The van der Waals surface area contributed by atoms with Crippen molar-refractivity contribution in [3.8, 4) is 0 Å². The van der Waals surface area contributed by atoms with Crippen LogP contribution < -0.4 is 10.6 Å². The molecule has 0 unspecified atom stereocenters. The van der Waals surface area contributed by atoms with E-state index in [2.05, 4.69) is 38.5 Å². The number of carbonyl (C=O) groups is 1. The minimum Gasteiger partial charge on any atom is -0.356 e. The van der Waals surface area contributed by atoms with Gasteiger partial charge in [0.1, 0.15) is 5.69 Å². The van der Waals surface area contributed by atoms with Gasteiger partial charge in [-0.25, -0.2) is 0 Å². The van der Waals surface area contributed by atoms with E-state index >= 15 is 0 Å². The van der Waals surface area contributed by atoms with Crippen LogP contribution in [0.15, 0.2) is 16.7 Å². The molecule has 0 spiro atoms. The SMILES string of the molecule is CCCNCCNC(=O)c1cc(Br)c[nH]1. The standard InChI is InChI=1S/C10H16BrN3O/c1-2-3-12-4-5-13-10(15)9-6-8(11)7-14-9/h6-7,12,14H,2-5H2,1H3,(H,13,15). The molecule has 0 aromatic carbocycles. The van der Waals surface area contributed by atoms with E-state index in [1.807, 2.05) is 0 Å². The molecule has 0 aliphatic carbocycles. The average Bonchev–Trinajstić information content (AvgIpc) is 2.64. The highest BCUT2D eigenvalue weighted by molar-refractivity contribution is 9.10. The number of halogens is 1. The van der Waals surface area contributed by atoms with E-state index in [1.54, 1.807) is 12.3 Å². The molecule has 3 N–H and O–H groups in total. The summed E-state index contributed by atoms with van der Waals surface area (Å²) in [6, 6.07) is 1.76. The van der Waals surface area contributed by atoms with Crippen molar-refractivity contribution in [2.75, 3.05) is 19.6 Å². The molecule has 0 saturated carbocycles. The molecule has 0 radical (unpaired) electrons. The number of aromatic amines is 1. The van der Waals surface area contributed by atoms with Crippen LogP contribution in [0.1, 0.15) is 23.8 Å². The molecule has 0 aliphatic rings. The van der Waals surface area contributed by atoms with Crippen molar-refractivity contribution in [1.29, 1.82) is 0 Å². The van der Waals surface area contributed by atoms with Crippen molar-refractivity contribution in [3.63, 3.8) is 0 Å². The summed E-state index contributed by atoms with van der Waals surface area (Å²) in [7, 11) is 0. The molecule has 0 saturated heterocycles. The van der Waals surface area contributed by atoms with Gasteiger partial charge in [0, 0.05) is 23.8 Å². The molecule has 15 heavy (non-hydrogen) atoms. The van der Waals surface area contributed by atoms with E-state index in [-0.39, 0.29) is 5.91 Å². The van der Waals surface area contributed by atoms with Gasteiger partial charge in [-0.15, -0.1) is 0 Å². The van der Waals surface area contributed by atoms with Crippen LogP contribution in [0.4, 0.5) is 0 Å². The van der Waals surface area contributed by atoms with Gasteiger partial charge in [0.05, 0.1) is 0 Å². The van der Waals surface area contributed by atoms with Crippen LogP contribution >= 0.6 is 15.9 Å². The van der Waals surface area contributed by atoms with E-state index in [0.29, 0.717) is 12.2 Å². The summed E-state index contributed by atoms with van der Waals surface area (Å²) in [6.45, 7) is 4.56. The number of rotatable bonds is 6. The molecule has 1 rings (SSSR count). The highest BCUT2D eigenvalue weighted by Crippen LogP contribution is 2.09. The molecule has 1 amide bonds. The largest absolute Gasteiger partial charge is 0.356 e. The lowest BCUT2D eigenvalue weighted by atomic mass is 10.4. The quantitative estimate of drug-likeness (QED) is 0.689. The van der Waals surface area contributed by atoms with Crippen LogP contribution in [0.5, 0.6) is 0 Å². The monoisotopic (exact) mass is 273 g/mol. The van der Waals surface area contributed by atoms with Crippen LogP contribution in [0.3, 0.4) is 0 Å². The van der Waals surface area contributed by atoms with Crippen molar-refractivity contribution in [3.05, 3.63) is 22.4 Å². The lowest BCUT2D eigenvalue weighted by Crippen LogP contribution is -2.32. The first-order valence-corrected chi connectivity index (χ1v) is 5.86. The second-order valence-corrected chi connectivity index (χ2v) is 4.15. The van der Waals surface area contributed by atoms with Gasteiger partial charge in [0.15, 0.2) is 0 Å². The Morgan fingerprint density at radius 3 is 2.87 bits per heavy atom. The van der Waals surface area contributed by atoms with E-state index in [1.165, 1.54) is 0 Å². The van der Waals surface area contributed by atoms with E-state index in [9.17, 15) is 4.79 Å². The van der Waals surface area contributed by atoms with Gasteiger partial charge in [0.2, 0.25) is 0 Å². The third kappa shape index (κ3) is 4.48. The van der Waals surface area contributed by atoms with Crippen LogP contribution in [0, 0.1) is 0 Å². The molecule has 5 heteroatoms. The highest BCUT2D eigenvalue weighted by atomic mass is 79.9. The van der Waals surface area contributed by atoms with Gasteiger partial charge in [-0.3, -0.25) is 4.79 Å². The molecular formula is C10H16BrN3O. The van der Waals surface area contributed by atoms with Crippen molar-refractivity contribution < 1.29 is 4.79 Å². The van der Waals surface area contributed by atoms with Gasteiger partial charge >= 0.3 is 0 Å². The summed E-state index contributed by atoms with van der Waals surface area (Å²) < 4.78 is 0.886. The first-order chi connectivity index (χ1) is 7.24. The molecule has 1 aromatic heterocycles. The summed E-state index contributed by atoms with van der Waals surface area (Å²) >= 11 is 3.28. The maximum absolute atomic E-state index is 11.5. The number of H-pyrrole nitrogens is 1. The lowest BCUT2D eigenvalue weighted by Gasteiger charge is -2.04. The van der Waals surface area contributed by atoms with Gasteiger partial charge in [-0.2, -0.15) is 0 Å². The minimum atomic E-state index is -0.0704. The smallest absolute Gasteiger partial charge is 0.267 e. The Hall–Kier alpha value is -0.810. The normalized spacial score (nSPS) is 10.3. The molecule has 4 nitrogen and oxygen atoms in total. The lowest BCUT2D eigenvalue weighted by molar-refractivity contribution is 0.0949. The number of aromatic nitrogens is 1. The Morgan fingerprint density at radius 2 is 2.27 bits per heavy atom. The highest BCUT2D eigenvalue weighted by Gasteiger charge is 2.05. The molecular weight excluding hydrogens is 258 g/mol. The Labute approximate surface area is 98.0 Å². The maximum Gasteiger partial charge on any atom is 0.267 e. The van der Waals surface area contributed by atoms with Crippen molar-refractivity contribution in [2.45, 2.75) is 13.3 Å². The molecule has 84 valence electrons. The summed E-state index contributed by atoms with van der Waals surface area (Å²) in [5.74, 6) is -0.0704. The number of hydrogen-bond donors (Lipinski definition) is 3. The zero-order valence-electron chi connectivity index (χ0n) is 8.77. The second kappa shape index (κ2) is 6.63. The Kier molecular flexibility index (Phi) is 5.42. The Balaban J connectivity index is 2.19. The topological polar surface area (TPSA) is 56.9 Å². The Bertz CT molecular complexity index is 311. The minimum absolute atomic E-state index is 0.0704. The van der Waals surface area contributed by atoms with Gasteiger partial charge < -0.3 is 15.6 Å². The molecule has 1 heterocycles. The zero-order chi connectivity index (χ0) is 11.1. The molecule has 0 bridgehead atoms. The van der Waals surface area contributed by atoms with Gasteiger partial charge in [-0.05, 0) is 35.0 Å². The number of amides is 1. The molecule has 0 atom stereocenters. The summed E-state index contributed by atoms with van der Waals surface area (Å²) in [5, 5.41) is 6.03. The van der Waals surface area contributed by atoms with Crippen molar-refractivity contribution in [2.24, 2.45) is 0 Å². The fraction of sp³-hybridized carbons (Fsp3) is 0.500. The number of nitrogens with one attached hydrogen (secondary N) is 3. The summed E-state index contributed by atoms with van der Waals surface area (Å²) in [5.41, 5.74) is 0.581. The Morgan fingerprint density at radius 1 is 1.47 bits per heavy atom. The van der Waals surface area contributed by atoms with Crippen LogP contribution in [0.25, 0.3) is 0 Å². The number of hydrogen-bond acceptors (Lipinski definition) is 2. The van der Waals surface area contributed by atoms with Gasteiger partial charge in [-0.1, -0.05) is 6.92 Å². The second-order valence-electron chi connectivity index (χ2n) is 3.24. The van der Waals surface area contributed by atoms with E-state index < -0.39 is 0 Å². The van der Waals surface area contributed by atoms with Crippen molar-refractivity contribution in [1.82, 2.24) is 15.6 Å². The zero-order valence-corrected chi connectivity index (χ0v) is 10.4. The summed E-state index contributed by atoms with van der Waals surface area (Å²) in [6.07, 6.45) is 2.85. The molecule has 0 fully saturated rings. The third-order valence-corrected chi connectivity index (χ3v) is 2.36. The predicted octanol–water partition coefficient (Wildman–Crippen LogP) is 1.51. The first kappa shape index (κ1) is 12.3. The van der Waals surface area contributed by atoms with E-state index in [4.69, 9.17) is 0 Å². The van der Waals surface area contributed by atoms with Crippen LogP contribution in [-0.4, -0.2) is 30.5 Å². The van der Waals surface area contributed by atoms with Crippen LogP contribution in [0.2, 0.25) is 0 Å².